The highest BCUT2D eigenvalue weighted by molar-refractivity contribution is 7.11. The summed E-state index contributed by atoms with van der Waals surface area (Å²) in [4.78, 5) is 4.39. The van der Waals surface area contributed by atoms with Crippen molar-refractivity contribution in [2.45, 2.75) is 13.1 Å². The van der Waals surface area contributed by atoms with E-state index < -0.39 is 17.0 Å². The van der Waals surface area contributed by atoms with Crippen molar-refractivity contribution < 1.29 is 17.6 Å². The van der Waals surface area contributed by atoms with E-state index in [9.17, 15) is 17.6 Å². The minimum Gasteiger partial charge on any atom is -0.295 e. The molecule has 0 N–H and O–H groups in total. The van der Waals surface area contributed by atoms with Crippen molar-refractivity contribution in [3.63, 3.8) is 0 Å². The summed E-state index contributed by atoms with van der Waals surface area (Å²) in [6.07, 6.45) is -2.29. The number of pyridine rings is 1. The largest absolute Gasteiger partial charge is 0.431 e. The van der Waals surface area contributed by atoms with Crippen molar-refractivity contribution in [1.29, 1.82) is 0 Å². The van der Waals surface area contributed by atoms with Crippen LogP contribution in [0.3, 0.4) is 0 Å². The molecule has 2 nitrogen and oxygen atoms in total. The van der Waals surface area contributed by atoms with Gasteiger partial charge in [0.05, 0.1) is 15.6 Å². The molecule has 0 fully saturated rings. The molecule has 3 heterocycles. The molecule has 3 aromatic heterocycles. The van der Waals surface area contributed by atoms with Crippen molar-refractivity contribution in [3.8, 4) is 11.1 Å². The van der Waals surface area contributed by atoms with Crippen molar-refractivity contribution in [2.75, 3.05) is 0 Å². The Balaban J connectivity index is 2.42. The monoisotopic (exact) mass is 368 g/mol. The summed E-state index contributed by atoms with van der Waals surface area (Å²) in [7, 11) is 0. The number of hydrogen-bond donors (Lipinski definition) is 0. The lowest BCUT2D eigenvalue weighted by atomic mass is 10.1. The Kier molecular flexibility index (Phi) is 3.62. The molecule has 22 heavy (non-hydrogen) atoms. The van der Waals surface area contributed by atoms with Gasteiger partial charge in [0.2, 0.25) is 0 Å². The van der Waals surface area contributed by atoms with Crippen LogP contribution in [0.4, 0.5) is 17.6 Å². The normalized spacial score (nSPS) is 12.3. The first-order valence-corrected chi connectivity index (χ1v) is 7.46. The van der Waals surface area contributed by atoms with Crippen molar-refractivity contribution in [2.24, 2.45) is 0 Å². The lowest BCUT2D eigenvalue weighted by Crippen LogP contribution is -2.11. The van der Waals surface area contributed by atoms with Gasteiger partial charge in [0.15, 0.2) is 5.13 Å². The zero-order valence-corrected chi connectivity index (χ0v) is 13.1. The number of aryl methyl sites for hydroxylation is 1. The number of halogens is 6. The molecule has 0 saturated carbocycles. The first-order chi connectivity index (χ1) is 10.2. The molecule has 3 aromatic rings. The Morgan fingerprint density at radius 1 is 1.23 bits per heavy atom. The lowest BCUT2D eigenvalue weighted by molar-refractivity contribution is -0.142. The van der Waals surface area contributed by atoms with Gasteiger partial charge in [-0.2, -0.15) is 17.6 Å². The fraction of sp³-hybridized carbons (Fsp3) is 0.154. The summed E-state index contributed by atoms with van der Waals surface area (Å²) in [5.74, 6) is 0. The first-order valence-electron chi connectivity index (χ1n) is 5.89. The molecule has 0 unspecified atom stereocenters. The quantitative estimate of drug-likeness (QED) is 0.493. The minimum absolute atomic E-state index is 0.0286. The van der Waals surface area contributed by atoms with Crippen LogP contribution in [0.25, 0.3) is 16.8 Å². The van der Waals surface area contributed by atoms with Crippen LogP contribution in [0.1, 0.15) is 10.6 Å². The molecular formula is C13H6Cl2F4N2S. The zero-order chi connectivity index (χ0) is 16.2. The molecule has 0 bridgehead atoms. The van der Waals surface area contributed by atoms with Crippen molar-refractivity contribution >= 4 is 40.2 Å². The maximum Gasteiger partial charge on any atom is 0.431 e. The first kappa shape index (κ1) is 15.6. The second-order valence-corrected chi connectivity index (χ2v) is 6.45. The number of hydrogen-bond acceptors (Lipinski definition) is 2. The molecule has 3 rings (SSSR count). The maximum absolute atomic E-state index is 14.1. The summed E-state index contributed by atoms with van der Waals surface area (Å²) >= 11 is 12.9. The average molecular weight is 369 g/mol. The van der Waals surface area contributed by atoms with E-state index in [2.05, 4.69) is 4.98 Å². The van der Waals surface area contributed by atoms with E-state index in [1.54, 1.807) is 6.92 Å². The van der Waals surface area contributed by atoms with Crippen LogP contribution in [0, 0.1) is 12.1 Å². The third-order valence-corrected chi connectivity index (χ3v) is 4.91. The van der Waals surface area contributed by atoms with Gasteiger partial charge in [0, 0.05) is 22.8 Å². The standard InChI is InChI=1S/C13H6Cl2F4N2S/c1-5-10(15)9(11(16)22-5)8-6(14)4-7(13(17,18)19)21-3-2-20-12(8)21/h2-4H,1H3. The second-order valence-electron chi connectivity index (χ2n) is 4.49. The molecule has 0 spiro atoms. The number of alkyl halides is 3. The van der Waals surface area contributed by atoms with Crippen LogP contribution in [0.5, 0.6) is 0 Å². The molecule has 0 amide bonds. The molecule has 0 radical (unpaired) electrons. The van der Waals surface area contributed by atoms with Crippen LogP contribution in [0.2, 0.25) is 10.0 Å². The van der Waals surface area contributed by atoms with Crippen molar-refractivity contribution in [1.82, 2.24) is 9.38 Å². The summed E-state index contributed by atoms with van der Waals surface area (Å²) in [6.45, 7) is 1.61. The van der Waals surface area contributed by atoms with Gasteiger partial charge in [0.1, 0.15) is 11.3 Å². The van der Waals surface area contributed by atoms with Gasteiger partial charge < -0.3 is 0 Å². The average Bonchev–Trinajstić information content (AvgIpc) is 2.96. The Morgan fingerprint density at radius 2 is 1.91 bits per heavy atom. The molecular weight excluding hydrogens is 363 g/mol. The second kappa shape index (κ2) is 5.11. The van der Waals surface area contributed by atoms with Gasteiger partial charge in [-0.3, -0.25) is 4.40 Å². The van der Waals surface area contributed by atoms with E-state index in [4.69, 9.17) is 23.2 Å². The summed E-state index contributed by atoms with van der Waals surface area (Å²) in [5.41, 5.74) is -1.07. The van der Waals surface area contributed by atoms with E-state index in [0.29, 0.717) is 4.88 Å². The summed E-state index contributed by atoms with van der Waals surface area (Å²) in [5, 5.41) is -0.757. The van der Waals surface area contributed by atoms with Crippen LogP contribution in [0.15, 0.2) is 18.5 Å². The van der Waals surface area contributed by atoms with Crippen molar-refractivity contribution in [3.05, 3.63) is 44.2 Å². The predicted molar refractivity (Wildman–Crippen MR) is 78.2 cm³/mol. The summed E-state index contributed by atoms with van der Waals surface area (Å²) in [6, 6.07) is 0.744. The number of imidazole rings is 1. The topological polar surface area (TPSA) is 17.3 Å². The van der Waals surface area contributed by atoms with E-state index in [-0.39, 0.29) is 26.8 Å². The number of thiophene rings is 1. The van der Waals surface area contributed by atoms with Crippen LogP contribution in [-0.2, 0) is 6.18 Å². The summed E-state index contributed by atoms with van der Waals surface area (Å²) < 4.78 is 54.1. The van der Waals surface area contributed by atoms with E-state index in [0.717, 1.165) is 28.0 Å². The maximum atomic E-state index is 14.1. The van der Waals surface area contributed by atoms with Gasteiger partial charge in [-0.15, -0.1) is 11.3 Å². The SMILES string of the molecule is Cc1sc(F)c(-c2c(Cl)cc(C(F)(F)F)n3ccnc23)c1Cl. The smallest absolute Gasteiger partial charge is 0.295 e. The Morgan fingerprint density at radius 3 is 2.45 bits per heavy atom. The van der Waals surface area contributed by atoms with Gasteiger partial charge in [-0.05, 0) is 13.0 Å². The number of rotatable bonds is 1. The van der Waals surface area contributed by atoms with Crippen LogP contribution < -0.4 is 0 Å². The molecule has 9 heteroatoms. The Labute approximate surface area is 135 Å². The zero-order valence-electron chi connectivity index (χ0n) is 10.8. The Bertz CT molecular complexity index is 882. The molecule has 0 saturated heterocycles. The number of nitrogens with zero attached hydrogens (tertiary/aromatic N) is 2. The molecule has 116 valence electrons. The fourth-order valence-electron chi connectivity index (χ4n) is 2.20. The third kappa shape index (κ3) is 2.28. The molecule has 0 aliphatic rings. The highest BCUT2D eigenvalue weighted by Crippen LogP contribution is 2.45. The van der Waals surface area contributed by atoms with E-state index >= 15 is 0 Å². The molecule has 0 aliphatic heterocycles. The van der Waals surface area contributed by atoms with E-state index in [1.807, 2.05) is 0 Å². The van der Waals surface area contributed by atoms with Crippen LogP contribution in [-0.4, -0.2) is 9.38 Å². The van der Waals surface area contributed by atoms with E-state index in [1.165, 1.54) is 6.20 Å². The molecule has 0 atom stereocenters. The molecule has 0 aliphatic carbocycles. The van der Waals surface area contributed by atoms with Crippen LogP contribution >= 0.6 is 34.5 Å². The Hall–Kier alpha value is -1.31. The fourth-order valence-corrected chi connectivity index (χ4v) is 3.60. The minimum atomic E-state index is -4.62. The highest BCUT2D eigenvalue weighted by atomic mass is 35.5. The van der Waals surface area contributed by atoms with Gasteiger partial charge in [0.25, 0.3) is 0 Å². The van der Waals surface area contributed by atoms with Gasteiger partial charge >= 0.3 is 6.18 Å². The predicted octanol–water partition coefficient (Wildman–Crippen LogP) is 5.84. The lowest BCUT2D eigenvalue weighted by Gasteiger charge is -2.13. The van der Waals surface area contributed by atoms with Gasteiger partial charge in [-0.25, -0.2) is 4.98 Å². The molecule has 0 aromatic carbocycles. The number of aromatic nitrogens is 2. The third-order valence-electron chi connectivity index (χ3n) is 3.13. The highest BCUT2D eigenvalue weighted by Gasteiger charge is 2.35. The van der Waals surface area contributed by atoms with Gasteiger partial charge in [-0.1, -0.05) is 23.2 Å². The number of fused-ring (bicyclic) bond motifs is 1.